The molecule has 2 fully saturated rings. The lowest BCUT2D eigenvalue weighted by Gasteiger charge is -2.36. The molecule has 1 amide bonds. The Labute approximate surface area is 197 Å². The number of rotatable bonds is 9. The number of ether oxygens (including phenoxy) is 3. The molecule has 1 N–H and O–H groups in total. The van der Waals surface area contributed by atoms with Gasteiger partial charge in [0.25, 0.3) is 0 Å². The van der Waals surface area contributed by atoms with Crippen LogP contribution in [0.4, 0.5) is 0 Å². The van der Waals surface area contributed by atoms with Gasteiger partial charge in [-0.1, -0.05) is 43.5 Å². The van der Waals surface area contributed by atoms with E-state index in [4.69, 9.17) is 14.2 Å². The number of methoxy groups -OCH3 is 1. The minimum atomic E-state index is -0.462. The molecule has 0 unspecified atom stereocenters. The van der Waals surface area contributed by atoms with Crippen molar-refractivity contribution >= 4 is 5.91 Å². The molecule has 178 valence electrons. The van der Waals surface area contributed by atoms with E-state index in [0.29, 0.717) is 13.2 Å². The third-order valence-electron chi connectivity index (χ3n) is 6.92. The Morgan fingerprint density at radius 3 is 2.52 bits per heavy atom. The van der Waals surface area contributed by atoms with Crippen molar-refractivity contribution in [2.75, 3.05) is 46.6 Å². The molecule has 1 aliphatic carbocycles. The second-order valence-corrected chi connectivity index (χ2v) is 9.00. The van der Waals surface area contributed by atoms with Crippen molar-refractivity contribution in [2.45, 2.75) is 44.1 Å². The number of benzene rings is 2. The predicted molar refractivity (Wildman–Crippen MR) is 129 cm³/mol. The molecule has 4 rings (SSSR count). The van der Waals surface area contributed by atoms with Crippen LogP contribution in [0.25, 0.3) is 0 Å². The van der Waals surface area contributed by atoms with Crippen LogP contribution in [0, 0.1) is 0 Å². The van der Waals surface area contributed by atoms with Gasteiger partial charge in [-0.2, -0.15) is 0 Å². The van der Waals surface area contributed by atoms with Crippen LogP contribution in [0.2, 0.25) is 0 Å². The summed E-state index contributed by atoms with van der Waals surface area (Å²) in [5, 5.41) is 3.22. The van der Waals surface area contributed by atoms with Crippen LogP contribution < -0.4 is 14.8 Å². The van der Waals surface area contributed by atoms with Gasteiger partial charge in [0.1, 0.15) is 18.1 Å². The molecule has 0 bridgehead atoms. The largest absolute Gasteiger partial charge is 0.497 e. The number of hydrogen-bond acceptors (Lipinski definition) is 5. The fourth-order valence-electron chi connectivity index (χ4n) is 4.93. The van der Waals surface area contributed by atoms with Crippen LogP contribution in [-0.4, -0.2) is 57.4 Å². The molecule has 6 heteroatoms. The summed E-state index contributed by atoms with van der Waals surface area (Å²) < 4.78 is 16.7. The molecule has 1 saturated carbocycles. The first-order chi connectivity index (χ1) is 16.2. The maximum atomic E-state index is 13.5. The Morgan fingerprint density at radius 1 is 1.03 bits per heavy atom. The summed E-state index contributed by atoms with van der Waals surface area (Å²) in [6, 6.07) is 16.0. The van der Waals surface area contributed by atoms with Gasteiger partial charge in [0.15, 0.2) is 0 Å². The summed E-state index contributed by atoms with van der Waals surface area (Å²) in [7, 11) is 1.67. The number of nitrogens with zero attached hydrogens (tertiary/aromatic N) is 1. The van der Waals surface area contributed by atoms with E-state index < -0.39 is 5.41 Å². The second-order valence-electron chi connectivity index (χ2n) is 9.00. The molecule has 2 aromatic rings. The van der Waals surface area contributed by atoms with Crippen LogP contribution in [-0.2, 0) is 21.5 Å². The van der Waals surface area contributed by atoms with Crippen molar-refractivity contribution < 1.29 is 19.0 Å². The molecule has 0 spiro atoms. The summed E-state index contributed by atoms with van der Waals surface area (Å²) in [5.74, 6) is 1.78. The van der Waals surface area contributed by atoms with E-state index in [1.54, 1.807) is 7.11 Å². The highest BCUT2D eigenvalue weighted by Crippen LogP contribution is 2.40. The lowest BCUT2D eigenvalue weighted by molar-refractivity contribution is -0.128. The Hall–Kier alpha value is -2.57. The Balaban J connectivity index is 1.35. The molecule has 1 saturated heterocycles. The van der Waals surface area contributed by atoms with Crippen molar-refractivity contribution in [1.29, 1.82) is 0 Å². The van der Waals surface area contributed by atoms with Gasteiger partial charge >= 0.3 is 0 Å². The lowest BCUT2D eigenvalue weighted by atomic mass is 9.68. The van der Waals surface area contributed by atoms with Crippen LogP contribution >= 0.6 is 0 Å². The van der Waals surface area contributed by atoms with E-state index >= 15 is 0 Å². The highest BCUT2D eigenvalue weighted by molar-refractivity contribution is 5.88. The van der Waals surface area contributed by atoms with Gasteiger partial charge in [-0.25, -0.2) is 0 Å². The summed E-state index contributed by atoms with van der Waals surface area (Å²) in [4.78, 5) is 15.8. The third-order valence-corrected chi connectivity index (χ3v) is 6.92. The van der Waals surface area contributed by atoms with E-state index in [2.05, 4.69) is 10.2 Å². The molecule has 6 nitrogen and oxygen atoms in total. The summed E-state index contributed by atoms with van der Waals surface area (Å²) in [6.07, 6.45) is 5.11. The first-order valence-corrected chi connectivity index (χ1v) is 12.1. The summed E-state index contributed by atoms with van der Waals surface area (Å²) >= 11 is 0. The molecule has 2 aliphatic rings. The highest BCUT2D eigenvalue weighted by Gasteiger charge is 2.40. The highest BCUT2D eigenvalue weighted by atomic mass is 16.5. The predicted octanol–water partition coefficient (Wildman–Crippen LogP) is 3.92. The lowest BCUT2D eigenvalue weighted by Crippen LogP contribution is -2.45. The number of carbonyl (C=O) groups is 1. The Morgan fingerprint density at radius 2 is 1.79 bits per heavy atom. The smallest absolute Gasteiger partial charge is 0.230 e. The normalized spacial score (nSPS) is 18.5. The van der Waals surface area contributed by atoms with Gasteiger partial charge in [0, 0.05) is 26.2 Å². The standard InChI is InChI=1S/C27H36N2O4/c1-31-24-10-8-23(9-11-24)27(12-3-2-4-13-27)26(30)28-21-22-6-5-7-25(20-22)33-19-16-29-14-17-32-18-15-29/h5-11,20H,2-4,12-19,21H2,1H3,(H,28,30). The molecule has 0 radical (unpaired) electrons. The number of carbonyl (C=O) groups excluding carboxylic acids is 1. The van der Waals surface area contributed by atoms with Crippen LogP contribution in [0.15, 0.2) is 48.5 Å². The Kier molecular flexibility index (Phi) is 8.24. The molecule has 1 aliphatic heterocycles. The molecule has 1 heterocycles. The second kappa shape index (κ2) is 11.5. The topological polar surface area (TPSA) is 60.0 Å². The van der Waals surface area contributed by atoms with Crippen molar-refractivity contribution in [3.63, 3.8) is 0 Å². The van der Waals surface area contributed by atoms with Crippen molar-refractivity contribution in [3.8, 4) is 11.5 Å². The minimum absolute atomic E-state index is 0.117. The fourth-order valence-corrected chi connectivity index (χ4v) is 4.93. The van der Waals surface area contributed by atoms with Gasteiger partial charge < -0.3 is 19.5 Å². The minimum Gasteiger partial charge on any atom is -0.497 e. The van der Waals surface area contributed by atoms with Gasteiger partial charge in [-0.05, 0) is 48.2 Å². The number of hydrogen-bond donors (Lipinski definition) is 1. The summed E-state index contributed by atoms with van der Waals surface area (Å²) in [6.45, 7) is 5.57. The zero-order chi connectivity index (χ0) is 22.9. The van der Waals surface area contributed by atoms with Gasteiger partial charge in [0.2, 0.25) is 5.91 Å². The summed E-state index contributed by atoms with van der Waals surface area (Å²) in [5.41, 5.74) is 1.67. The average Bonchev–Trinajstić information content (AvgIpc) is 2.88. The van der Waals surface area contributed by atoms with Crippen molar-refractivity contribution in [1.82, 2.24) is 10.2 Å². The van der Waals surface area contributed by atoms with E-state index in [9.17, 15) is 4.79 Å². The first kappa shape index (κ1) is 23.6. The molecule has 0 atom stereocenters. The molecular weight excluding hydrogens is 416 g/mol. The first-order valence-electron chi connectivity index (χ1n) is 12.1. The zero-order valence-corrected chi connectivity index (χ0v) is 19.7. The number of amides is 1. The third kappa shape index (κ3) is 6.06. The average molecular weight is 453 g/mol. The van der Waals surface area contributed by atoms with Crippen LogP contribution in [0.5, 0.6) is 11.5 Å². The Bertz CT molecular complexity index is 887. The van der Waals surface area contributed by atoms with E-state index in [-0.39, 0.29) is 5.91 Å². The number of morpholine rings is 1. The maximum Gasteiger partial charge on any atom is 0.230 e. The van der Waals surface area contributed by atoms with Crippen molar-refractivity contribution in [3.05, 3.63) is 59.7 Å². The zero-order valence-electron chi connectivity index (χ0n) is 19.7. The number of nitrogens with one attached hydrogen (secondary N) is 1. The van der Waals surface area contributed by atoms with Gasteiger partial charge in [0.05, 0.1) is 25.7 Å². The molecule has 0 aromatic heterocycles. The van der Waals surface area contributed by atoms with Crippen LogP contribution in [0.3, 0.4) is 0 Å². The van der Waals surface area contributed by atoms with E-state index in [1.807, 2.05) is 48.5 Å². The van der Waals surface area contributed by atoms with Gasteiger partial charge in [-0.3, -0.25) is 9.69 Å². The van der Waals surface area contributed by atoms with E-state index in [1.165, 1.54) is 6.42 Å². The van der Waals surface area contributed by atoms with Crippen LogP contribution in [0.1, 0.15) is 43.2 Å². The maximum absolute atomic E-state index is 13.5. The monoisotopic (exact) mass is 452 g/mol. The van der Waals surface area contributed by atoms with E-state index in [0.717, 1.165) is 81.2 Å². The fraction of sp³-hybridized carbons (Fsp3) is 0.519. The van der Waals surface area contributed by atoms with Gasteiger partial charge in [-0.15, -0.1) is 0 Å². The van der Waals surface area contributed by atoms with Crippen molar-refractivity contribution in [2.24, 2.45) is 0 Å². The SMILES string of the molecule is COc1ccc(C2(C(=O)NCc3cccc(OCCN4CCOCC4)c3)CCCCC2)cc1. The molecular formula is C27H36N2O4. The quantitative estimate of drug-likeness (QED) is 0.625. The molecule has 2 aromatic carbocycles. The molecule has 33 heavy (non-hydrogen) atoms.